The van der Waals surface area contributed by atoms with Gasteiger partial charge in [0, 0.05) is 29.7 Å². The lowest BCUT2D eigenvalue weighted by atomic mass is 9.80. The van der Waals surface area contributed by atoms with E-state index in [4.69, 9.17) is 29.7 Å². The Hall–Kier alpha value is -3.17. The van der Waals surface area contributed by atoms with E-state index in [-0.39, 0.29) is 6.02 Å². The van der Waals surface area contributed by atoms with Gasteiger partial charge in [-0.1, -0.05) is 11.8 Å². The Balaban J connectivity index is 1.56. The third-order valence-electron chi connectivity index (χ3n) is 5.91. The van der Waals surface area contributed by atoms with E-state index in [2.05, 4.69) is 11.8 Å². The topological polar surface area (TPSA) is 75.3 Å². The first-order valence-electron chi connectivity index (χ1n) is 10.5. The van der Waals surface area contributed by atoms with Gasteiger partial charge in [-0.15, -0.1) is 0 Å². The molecule has 1 aliphatic carbocycles. The van der Waals surface area contributed by atoms with Gasteiger partial charge in [-0.25, -0.2) is 4.99 Å². The molecule has 0 amide bonds. The molecule has 1 saturated carbocycles. The first kappa shape index (κ1) is 19.8. The number of methoxy groups -OCH3 is 1. The largest absolute Gasteiger partial charge is 0.491 e. The molecule has 2 heterocycles. The van der Waals surface area contributed by atoms with Crippen LogP contribution in [0.5, 0.6) is 17.2 Å². The Kier molecular flexibility index (Phi) is 4.60. The van der Waals surface area contributed by atoms with Gasteiger partial charge < -0.3 is 24.7 Å². The van der Waals surface area contributed by atoms with Crippen molar-refractivity contribution in [3.63, 3.8) is 0 Å². The van der Waals surface area contributed by atoms with Crippen LogP contribution in [0.4, 0.5) is 0 Å². The molecular weight excluding hydrogens is 392 g/mol. The summed E-state index contributed by atoms with van der Waals surface area (Å²) in [5, 5.41) is 0. The Morgan fingerprint density at radius 1 is 1.16 bits per heavy atom. The fourth-order valence-electron chi connectivity index (χ4n) is 3.73. The normalized spacial score (nSPS) is 21.2. The number of hydrogen-bond acceptors (Lipinski definition) is 6. The average Bonchev–Trinajstić information content (AvgIpc) is 3.52. The minimum absolute atomic E-state index is 0.167. The molecule has 0 bridgehead atoms. The molecule has 160 valence electrons. The number of nitrogens with two attached hydrogens (primary N) is 1. The molecule has 31 heavy (non-hydrogen) atoms. The van der Waals surface area contributed by atoms with E-state index in [0.717, 1.165) is 22.4 Å². The Morgan fingerprint density at radius 3 is 2.58 bits per heavy atom. The summed E-state index contributed by atoms with van der Waals surface area (Å²) in [6.07, 6.45) is 2.38. The molecular formula is C25H26N2O4. The predicted octanol–water partition coefficient (Wildman–Crippen LogP) is 3.95. The monoisotopic (exact) mass is 418 g/mol. The fourth-order valence-corrected chi connectivity index (χ4v) is 3.73. The first-order valence-corrected chi connectivity index (χ1v) is 10.5. The zero-order chi connectivity index (χ0) is 21.6. The van der Waals surface area contributed by atoms with Crippen molar-refractivity contribution in [3.05, 3.63) is 53.1 Å². The van der Waals surface area contributed by atoms with E-state index in [1.165, 1.54) is 12.8 Å². The first-order chi connectivity index (χ1) is 14.9. The molecule has 1 unspecified atom stereocenters. The number of amidine groups is 1. The van der Waals surface area contributed by atoms with Crippen molar-refractivity contribution >= 4 is 6.02 Å². The van der Waals surface area contributed by atoms with Crippen molar-refractivity contribution < 1.29 is 18.9 Å². The summed E-state index contributed by atoms with van der Waals surface area (Å²) in [6.45, 7) is 4.67. The van der Waals surface area contributed by atoms with Gasteiger partial charge in [0.25, 0.3) is 6.02 Å². The molecule has 1 spiro atoms. The molecule has 6 heteroatoms. The van der Waals surface area contributed by atoms with Crippen molar-refractivity contribution in [1.82, 2.24) is 0 Å². The Bertz CT molecular complexity index is 1120. The lowest BCUT2D eigenvalue weighted by Crippen LogP contribution is -2.32. The molecule has 5 rings (SSSR count). The number of nitrogens with zero attached hydrogens (tertiary/aromatic N) is 1. The number of ether oxygens (including phenoxy) is 4. The van der Waals surface area contributed by atoms with E-state index in [1.54, 1.807) is 7.11 Å². The number of rotatable bonds is 4. The van der Waals surface area contributed by atoms with Gasteiger partial charge in [0.05, 0.1) is 5.60 Å². The zero-order valence-electron chi connectivity index (χ0n) is 18.0. The fraction of sp³-hybridized carbons (Fsp3) is 0.400. The smallest absolute Gasteiger partial charge is 0.283 e. The second-order valence-corrected chi connectivity index (χ2v) is 8.87. The van der Waals surface area contributed by atoms with Crippen LogP contribution >= 0.6 is 0 Å². The standard InChI is InChI=1S/C25H26N2O4/c1-24(2,28-3)14-29-18-9-11-22-20(13-18)25(15-30-23(26)27-25)19-12-17(7-6-16-4-5-16)8-10-21(19)31-22/h8-13,16H,4-5,14-15H2,1-3H3,(H2,26,27). The van der Waals surface area contributed by atoms with Crippen LogP contribution in [0.3, 0.4) is 0 Å². The maximum Gasteiger partial charge on any atom is 0.283 e. The highest BCUT2D eigenvalue weighted by atomic mass is 16.5. The van der Waals surface area contributed by atoms with E-state index in [9.17, 15) is 0 Å². The summed E-state index contributed by atoms with van der Waals surface area (Å²) >= 11 is 0. The average molecular weight is 418 g/mol. The maximum atomic E-state index is 6.22. The molecule has 0 aromatic heterocycles. The molecule has 1 fully saturated rings. The van der Waals surface area contributed by atoms with E-state index in [0.29, 0.717) is 30.6 Å². The highest BCUT2D eigenvalue weighted by molar-refractivity contribution is 5.77. The van der Waals surface area contributed by atoms with Crippen LogP contribution in [0.1, 0.15) is 43.4 Å². The van der Waals surface area contributed by atoms with Crippen molar-refractivity contribution in [2.24, 2.45) is 16.6 Å². The molecule has 6 nitrogen and oxygen atoms in total. The second kappa shape index (κ2) is 7.21. The van der Waals surface area contributed by atoms with Gasteiger partial charge in [-0.3, -0.25) is 0 Å². The van der Waals surface area contributed by atoms with Gasteiger partial charge in [0.1, 0.15) is 30.5 Å². The van der Waals surface area contributed by atoms with Crippen molar-refractivity contribution in [3.8, 4) is 29.1 Å². The molecule has 3 aliphatic rings. The summed E-state index contributed by atoms with van der Waals surface area (Å²) in [7, 11) is 1.67. The third kappa shape index (κ3) is 3.70. The van der Waals surface area contributed by atoms with Crippen molar-refractivity contribution in [2.75, 3.05) is 20.3 Å². The van der Waals surface area contributed by atoms with E-state index < -0.39 is 11.1 Å². The van der Waals surface area contributed by atoms with Gasteiger partial charge in [0.2, 0.25) is 0 Å². The van der Waals surface area contributed by atoms with Crippen molar-refractivity contribution in [1.29, 1.82) is 0 Å². The highest BCUT2D eigenvalue weighted by Crippen LogP contribution is 2.51. The SMILES string of the molecule is COC(C)(C)COc1ccc2c(c1)C1(COC(N)=N1)c1cc(C#CC3CC3)ccc1O2. The van der Waals surface area contributed by atoms with Crippen LogP contribution in [0, 0.1) is 17.8 Å². The number of aliphatic imine (C=N–C) groups is 1. The van der Waals surface area contributed by atoms with Crippen LogP contribution in [0.25, 0.3) is 0 Å². The van der Waals surface area contributed by atoms with Gasteiger partial charge in [0.15, 0.2) is 5.54 Å². The van der Waals surface area contributed by atoms with Crippen LogP contribution < -0.4 is 15.2 Å². The molecule has 1 atom stereocenters. The second-order valence-electron chi connectivity index (χ2n) is 8.87. The van der Waals surface area contributed by atoms with Crippen LogP contribution in [-0.2, 0) is 15.0 Å². The summed E-state index contributed by atoms with van der Waals surface area (Å²) in [5.74, 6) is 9.29. The quantitative estimate of drug-likeness (QED) is 0.761. The van der Waals surface area contributed by atoms with E-state index in [1.807, 2.05) is 50.2 Å². The van der Waals surface area contributed by atoms with Crippen LogP contribution in [0.15, 0.2) is 41.4 Å². The predicted molar refractivity (Wildman–Crippen MR) is 117 cm³/mol. The Morgan fingerprint density at radius 2 is 1.90 bits per heavy atom. The minimum atomic E-state index is -0.791. The Labute approximate surface area is 182 Å². The third-order valence-corrected chi connectivity index (χ3v) is 5.91. The van der Waals surface area contributed by atoms with Crippen LogP contribution in [0.2, 0.25) is 0 Å². The molecule has 2 aliphatic heterocycles. The molecule has 2 aromatic carbocycles. The molecule has 2 N–H and O–H groups in total. The van der Waals surface area contributed by atoms with Crippen LogP contribution in [-0.4, -0.2) is 31.9 Å². The van der Waals surface area contributed by atoms with E-state index >= 15 is 0 Å². The molecule has 0 saturated heterocycles. The summed E-state index contributed by atoms with van der Waals surface area (Å²) in [5.41, 5.74) is 7.49. The van der Waals surface area contributed by atoms with Crippen molar-refractivity contribution in [2.45, 2.75) is 37.8 Å². The minimum Gasteiger partial charge on any atom is -0.491 e. The highest BCUT2D eigenvalue weighted by Gasteiger charge is 2.47. The maximum absolute atomic E-state index is 6.22. The molecule has 2 aromatic rings. The number of benzene rings is 2. The summed E-state index contributed by atoms with van der Waals surface area (Å²) < 4.78 is 23.4. The number of fused-ring (bicyclic) bond motifs is 4. The zero-order valence-corrected chi connectivity index (χ0v) is 18.0. The van der Waals surface area contributed by atoms with Gasteiger partial charge >= 0.3 is 0 Å². The summed E-state index contributed by atoms with van der Waals surface area (Å²) in [6, 6.07) is 11.9. The lowest BCUT2D eigenvalue weighted by Gasteiger charge is -2.34. The van der Waals surface area contributed by atoms with Gasteiger partial charge in [-0.2, -0.15) is 0 Å². The lowest BCUT2D eigenvalue weighted by molar-refractivity contribution is -0.0147. The number of hydrogen-bond donors (Lipinski definition) is 1. The van der Waals surface area contributed by atoms with Gasteiger partial charge in [-0.05, 0) is 63.1 Å². The summed E-state index contributed by atoms with van der Waals surface area (Å²) in [4.78, 5) is 4.74. The molecule has 0 radical (unpaired) electrons.